The molecule has 6 heteroatoms. The van der Waals surface area contributed by atoms with Crippen molar-refractivity contribution in [3.63, 3.8) is 0 Å². The van der Waals surface area contributed by atoms with Gasteiger partial charge in [0.1, 0.15) is 12.9 Å². The Balaban J connectivity index is 1.86. The van der Waals surface area contributed by atoms with Gasteiger partial charge in [0.15, 0.2) is 0 Å². The van der Waals surface area contributed by atoms with Crippen molar-refractivity contribution in [1.29, 1.82) is 0 Å². The van der Waals surface area contributed by atoms with Crippen LogP contribution in [0.2, 0.25) is 0 Å². The first kappa shape index (κ1) is 10.1. The van der Waals surface area contributed by atoms with E-state index in [9.17, 15) is 9.18 Å². The van der Waals surface area contributed by atoms with Gasteiger partial charge in [-0.2, -0.15) is 0 Å². The normalized spacial score (nSPS) is 25.4. The Morgan fingerprint density at radius 3 is 3.27 bits per heavy atom. The van der Waals surface area contributed by atoms with Crippen LogP contribution in [0, 0.1) is 0 Å². The average molecular weight is 213 g/mol. The van der Waals surface area contributed by atoms with Gasteiger partial charge >= 0.3 is 5.91 Å². The zero-order valence-electron chi connectivity index (χ0n) is 8.07. The van der Waals surface area contributed by atoms with Crippen molar-refractivity contribution >= 4 is 5.91 Å². The SMILES string of the molecule is O=C(N[C@H]1CN[C@H](CF)C1)c1ncco1. The van der Waals surface area contributed by atoms with Crippen molar-refractivity contribution in [3.05, 3.63) is 18.4 Å². The molecule has 0 radical (unpaired) electrons. The molecule has 82 valence electrons. The van der Waals surface area contributed by atoms with E-state index in [4.69, 9.17) is 4.42 Å². The van der Waals surface area contributed by atoms with Gasteiger partial charge in [-0.15, -0.1) is 0 Å². The molecular weight excluding hydrogens is 201 g/mol. The summed E-state index contributed by atoms with van der Waals surface area (Å²) in [5, 5.41) is 5.69. The van der Waals surface area contributed by atoms with E-state index in [1.807, 2.05) is 0 Å². The third-order valence-electron chi connectivity index (χ3n) is 2.37. The first-order valence-corrected chi connectivity index (χ1v) is 4.79. The Bertz CT molecular complexity index is 328. The number of aromatic nitrogens is 1. The number of oxazole rings is 1. The molecule has 2 rings (SSSR count). The van der Waals surface area contributed by atoms with Crippen molar-refractivity contribution in [3.8, 4) is 0 Å². The third-order valence-corrected chi connectivity index (χ3v) is 2.37. The van der Waals surface area contributed by atoms with Crippen LogP contribution in [0.25, 0.3) is 0 Å². The zero-order chi connectivity index (χ0) is 10.7. The summed E-state index contributed by atoms with van der Waals surface area (Å²) in [7, 11) is 0. The molecule has 1 aromatic rings. The Morgan fingerprint density at radius 1 is 1.80 bits per heavy atom. The van der Waals surface area contributed by atoms with Crippen LogP contribution in [0.5, 0.6) is 0 Å². The molecule has 0 bridgehead atoms. The molecule has 1 aliphatic heterocycles. The zero-order valence-corrected chi connectivity index (χ0v) is 8.07. The maximum absolute atomic E-state index is 12.3. The minimum atomic E-state index is -0.411. The Hall–Kier alpha value is -1.43. The highest BCUT2D eigenvalue weighted by molar-refractivity contribution is 5.89. The minimum absolute atomic E-state index is 0.0405. The lowest BCUT2D eigenvalue weighted by Gasteiger charge is -2.09. The lowest BCUT2D eigenvalue weighted by molar-refractivity contribution is 0.0904. The van der Waals surface area contributed by atoms with Crippen molar-refractivity contribution in [2.45, 2.75) is 18.5 Å². The smallest absolute Gasteiger partial charge is 0.307 e. The highest BCUT2D eigenvalue weighted by Crippen LogP contribution is 2.07. The molecule has 15 heavy (non-hydrogen) atoms. The van der Waals surface area contributed by atoms with E-state index < -0.39 is 6.67 Å². The maximum atomic E-state index is 12.3. The standard InChI is InChI=1S/C9H12FN3O2/c10-4-6-3-7(5-12-6)13-8(14)9-11-1-2-15-9/h1-2,6-7,12H,3-5H2,(H,13,14)/t6-,7+/m0/s1. The molecule has 1 aromatic heterocycles. The summed E-state index contributed by atoms with van der Waals surface area (Å²) in [6.07, 6.45) is 3.35. The van der Waals surface area contributed by atoms with Gasteiger partial charge in [-0.25, -0.2) is 9.37 Å². The Morgan fingerprint density at radius 2 is 2.67 bits per heavy atom. The Labute approximate surface area is 86.1 Å². The van der Waals surface area contributed by atoms with Crippen LogP contribution in [-0.4, -0.2) is 36.2 Å². The molecule has 2 atom stereocenters. The molecule has 2 heterocycles. The topological polar surface area (TPSA) is 67.2 Å². The van der Waals surface area contributed by atoms with Crippen LogP contribution in [0.3, 0.4) is 0 Å². The van der Waals surface area contributed by atoms with E-state index in [1.54, 1.807) is 0 Å². The molecule has 0 spiro atoms. The molecule has 1 fully saturated rings. The molecule has 0 aromatic carbocycles. The largest absolute Gasteiger partial charge is 0.441 e. The lowest BCUT2D eigenvalue weighted by Crippen LogP contribution is -2.36. The highest BCUT2D eigenvalue weighted by atomic mass is 19.1. The van der Waals surface area contributed by atoms with E-state index in [0.29, 0.717) is 13.0 Å². The van der Waals surface area contributed by atoms with Crippen LogP contribution in [0.1, 0.15) is 17.1 Å². The highest BCUT2D eigenvalue weighted by Gasteiger charge is 2.26. The molecule has 2 N–H and O–H groups in total. The van der Waals surface area contributed by atoms with E-state index in [-0.39, 0.29) is 23.9 Å². The molecule has 0 unspecified atom stereocenters. The number of hydrogen-bond acceptors (Lipinski definition) is 4. The number of carbonyl (C=O) groups is 1. The monoisotopic (exact) mass is 213 g/mol. The predicted octanol–water partition coefficient (Wildman–Crippen LogP) is 0.104. The second-order valence-electron chi connectivity index (χ2n) is 3.50. The fourth-order valence-corrected chi connectivity index (χ4v) is 1.63. The summed E-state index contributed by atoms with van der Waals surface area (Å²) in [5.41, 5.74) is 0. The van der Waals surface area contributed by atoms with Crippen molar-refractivity contribution < 1.29 is 13.6 Å². The number of alkyl halides is 1. The first-order valence-electron chi connectivity index (χ1n) is 4.79. The maximum Gasteiger partial charge on any atom is 0.307 e. The Kier molecular flexibility index (Phi) is 2.96. The molecule has 5 nitrogen and oxygen atoms in total. The molecule has 1 aliphatic rings. The van der Waals surface area contributed by atoms with Gasteiger partial charge in [-0.3, -0.25) is 4.79 Å². The summed E-state index contributed by atoms with van der Waals surface area (Å²) in [4.78, 5) is 15.2. The molecule has 1 amide bonds. The van der Waals surface area contributed by atoms with Gasteiger partial charge in [0, 0.05) is 18.6 Å². The second kappa shape index (κ2) is 4.39. The average Bonchev–Trinajstić information content (AvgIpc) is 2.87. The molecule has 0 aliphatic carbocycles. The summed E-state index contributed by atoms with van der Waals surface area (Å²) in [5.74, 6) is -0.315. The lowest BCUT2D eigenvalue weighted by atomic mass is 10.2. The van der Waals surface area contributed by atoms with E-state index >= 15 is 0 Å². The molecular formula is C9H12FN3O2. The number of nitrogens with one attached hydrogen (secondary N) is 2. The van der Waals surface area contributed by atoms with Gasteiger partial charge in [0.05, 0.1) is 6.20 Å². The van der Waals surface area contributed by atoms with Crippen LogP contribution < -0.4 is 10.6 Å². The number of nitrogens with zero attached hydrogens (tertiary/aromatic N) is 1. The van der Waals surface area contributed by atoms with E-state index in [2.05, 4.69) is 15.6 Å². The van der Waals surface area contributed by atoms with Crippen LogP contribution in [0.4, 0.5) is 4.39 Å². The summed E-state index contributed by atoms with van der Waals surface area (Å²) >= 11 is 0. The number of carbonyl (C=O) groups excluding carboxylic acids is 1. The summed E-state index contributed by atoms with van der Waals surface area (Å²) < 4.78 is 17.1. The predicted molar refractivity (Wildman–Crippen MR) is 50.1 cm³/mol. The van der Waals surface area contributed by atoms with Crippen molar-refractivity contribution in [1.82, 2.24) is 15.6 Å². The van der Waals surface area contributed by atoms with Gasteiger partial charge in [0.25, 0.3) is 5.89 Å². The quantitative estimate of drug-likeness (QED) is 0.747. The van der Waals surface area contributed by atoms with E-state index in [1.165, 1.54) is 12.5 Å². The fraction of sp³-hybridized carbons (Fsp3) is 0.556. The van der Waals surface area contributed by atoms with Crippen LogP contribution in [-0.2, 0) is 0 Å². The number of amides is 1. The second-order valence-corrected chi connectivity index (χ2v) is 3.50. The van der Waals surface area contributed by atoms with Gasteiger partial charge in [-0.1, -0.05) is 0 Å². The van der Waals surface area contributed by atoms with E-state index in [0.717, 1.165) is 0 Å². The molecule has 1 saturated heterocycles. The van der Waals surface area contributed by atoms with Gasteiger partial charge in [-0.05, 0) is 6.42 Å². The van der Waals surface area contributed by atoms with Crippen LogP contribution >= 0.6 is 0 Å². The minimum Gasteiger partial charge on any atom is -0.441 e. The first-order chi connectivity index (χ1) is 7.29. The fourth-order valence-electron chi connectivity index (χ4n) is 1.63. The number of halogens is 1. The third kappa shape index (κ3) is 2.33. The number of rotatable bonds is 3. The number of hydrogen-bond donors (Lipinski definition) is 2. The molecule has 0 saturated carbocycles. The van der Waals surface area contributed by atoms with Gasteiger partial charge < -0.3 is 15.1 Å². The van der Waals surface area contributed by atoms with Crippen molar-refractivity contribution in [2.75, 3.05) is 13.2 Å². The van der Waals surface area contributed by atoms with Gasteiger partial charge in [0.2, 0.25) is 0 Å². The summed E-state index contributed by atoms with van der Waals surface area (Å²) in [6, 6.07) is -0.204. The summed E-state index contributed by atoms with van der Waals surface area (Å²) in [6.45, 7) is 0.173. The van der Waals surface area contributed by atoms with Crippen molar-refractivity contribution in [2.24, 2.45) is 0 Å². The van der Waals surface area contributed by atoms with Crippen LogP contribution in [0.15, 0.2) is 16.9 Å².